The summed E-state index contributed by atoms with van der Waals surface area (Å²) in [5, 5.41) is 7.42. The number of hydrogen-bond acceptors (Lipinski definition) is 4. The van der Waals surface area contributed by atoms with Gasteiger partial charge in [-0.2, -0.15) is 0 Å². The Labute approximate surface area is 155 Å². The van der Waals surface area contributed by atoms with Crippen molar-refractivity contribution >= 4 is 34.7 Å². The zero-order valence-corrected chi connectivity index (χ0v) is 14.7. The topological polar surface area (TPSA) is 49.8 Å². The Morgan fingerprint density at radius 2 is 1.64 bits per heavy atom. The molecule has 0 amide bonds. The lowest BCUT2D eigenvalue weighted by Crippen LogP contribution is -2.15. The smallest absolute Gasteiger partial charge is 0.153 e. The van der Waals surface area contributed by atoms with Crippen LogP contribution in [0.1, 0.15) is 11.3 Å². The summed E-state index contributed by atoms with van der Waals surface area (Å²) in [5.41, 5.74) is 2.52. The molecule has 0 saturated carbocycles. The van der Waals surface area contributed by atoms with Crippen molar-refractivity contribution in [1.82, 2.24) is 15.3 Å². The number of benzene rings is 2. The fraction of sp³-hybridized carbons (Fsp3) is 0.111. The quantitative estimate of drug-likeness (QED) is 0.638. The molecule has 3 rings (SSSR count). The highest BCUT2D eigenvalue weighted by molar-refractivity contribution is 6.42. The molecule has 0 radical (unpaired) electrons. The third kappa shape index (κ3) is 4.89. The molecule has 0 spiro atoms. The van der Waals surface area contributed by atoms with Crippen LogP contribution in [0.5, 0.6) is 0 Å². The van der Waals surface area contributed by atoms with E-state index in [1.807, 2.05) is 6.07 Å². The van der Waals surface area contributed by atoms with Gasteiger partial charge in [-0.05, 0) is 35.9 Å². The third-order valence-electron chi connectivity index (χ3n) is 3.49. The van der Waals surface area contributed by atoms with Crippen LogP contribution in [0.4, 0.5) is 15.9 Å². The molecule has 7 heteroatoms. The predicted octanol–water partition coefficient (Wildman–Crippen LogP) is 4.96. The van der Waals surface area contributed by atoms with Crippen molar-refractivity contribution in [2.45, 2.75) is 13.1 Å². The van der Waals surface area contributed by atoms with Gasteiger partial charge in [0, 0.05) is 31.2 Å². The van der Waals surface area contributed by atoms with Crippen molar-refractivity contribution in [3.8, 4) is 0 Å². The number of aromatic nitrogens is 2. The minimum Gasteiger partial charge on any atom is -0.339 e. The van der Waals surface area contributed by atoms with Crippen LogP contribution >= 0.6 is 23.2 Å². The Hall–Kier alpha value is -2.21. The fourth-order valence-corrected chi connectivity index (χ4v) is 2.54. The average molecular weight is 377 g/mol. The second-order valence-electron chi connectivity index (χ2n) is 5.34. The molecular formula is C18H15Cl2FN4. The summed E-state index contributed by atoms with van der Waals surface area (Å²) in [6, 6.07) is 11.6. The molecule has 0 unspecified atom stereocenters. The molecule has 2 N–H and O–H groups in total. The third-order valence-corrected chi connectivity index (χ3v) is 4.23. The molecule has 0 aliphatic heterocycles. The van der Waals surface area contributed by atoms with Crippen LogP contribution in [-0.4, -0.2) is 9.97 Å². The van der Waals surface area contributed by atoms with E-state index in [0.717, 1.165) is 16.9 Å². The number of nitrogens with one attached hydrogen (secondary N) is 2. The summed E-state index contributed by atoms with van der Waals surface area (Å²) in [4.78, 5) is 8.68. The SMILES string of the molecule is Fc1ccc(CNCc2nccnc2Nc2ccc(Cl)c(Cl)c2)cc1. The minimum absolute atomic E-state index is 0.245. The van der Waals surface area contributed by atoms with E-state index < -0.39 is 0 Å². The highest BCUT2D eigenvalue weighted by atomic mass is 35.5. The molecule has 0 fully saturated rings. The first-order valence-electron chi connectivity index (χ1n) is 7.59. The maximum atomic E-state index is 12.9. The maximum absolute atomic E-state index is 12.9. The molecule has 0 aliphatic carbocycles. The summed E-state index contributed by atoms with van der Waals surface area (Å²) in [6.45, 7) is 1.11. The molecule has 128 valence electrons. The Balaban J connectivity index is 1.66. The largest absolute Gasteiger partial charge is 0.339 e. The number of rotatable bonds is 6. The van der Waals surface area contributed by atoms with Crippen LogP contribution in [0.15, 0.2) is 54.9 Å². The zero-order chi connectivity index (χ0) is 17.6. The molecule has 0 atom stereocenters. The molecule has 3 aromatic rings. The second kappa shape index (κ2) is 8.25. The summed E-state index contributed by atoms with van der Waals surface area (Å²) in [5.74, 6) is 0.387. The molecular weight excluding hydrogens is 362 g/mol. The van der Waals surface area contributed by atoms with Crippen LogP contribution in [0.25, 0.3) is 0 Å². The van der Waals surface area contributed by atoms with Crippen molar-refractivity contribution in [3.05, 3.63) is 82.0 Å². The van der Waals surface area contributed by atoms with Gasteiger partial charge >= 0.3 is 0 Å². The van der Waals surface area contributed by atoms with E-state index in [-0.39, 0.29) is 5.82 Å². The van der Waals surface area contributed by atoms with Gasteiger partial charge in [-0.3, -0.25) is 4.98 Å². The second-order valence-corrected chi connectivity index (χ2v) is 6.15. The van der Waals surface area contributed by atoms with Gasteiger partial charge in [0.25, 0.3) is 0 Å². The van der Waals surface area contributed by atoms with Gasteiger partial charge < -0.3 is 10.6 Å². The van der Waals surface area contributed by atoms with E-state index >= 15 is 0 Å². The van der Waals surface area contributed by atoms with Crippen LogP contribution in [0, 0.1) is 5.82 Å². The Bertz CT molecular complexity index is 856. The summed E-state index contributed by atoms with van der Waals surface area (Å²) < 4.78 is 12.9. The van der Waals surface area contributed by atoms with Gasteiger partial charge in [0.1, 0.15) is 5.82 Å². The standard InChI is InChI=1S/C18H15Cl2FN4/c19-15-6-5-14(9-16(15)20)25-18-17(23-7-8-24-18)11-22-10-12-1-3-13(21)4-2-12/h1-9,22H,10-11H2,(H,24,25). The minimum atomic E-state index is -0.245. The molecule has 1 aromatic heterocycles. The van der Waals surface area contributed by atoms with E-state index in [0.29, 0.717) is 29.0 Å². The summed E-state index contributed by atoms with van der Waals surface area (Å²) >= 11 is 12.0. The van der Waals surface area contributed by atoms with Gasteiger partial charge in [0.05, 0.1) is 15.7 Å². The van der Waals surface area contributed by atoms with Gasteiger partial charge in [-0.25, -0.2) is 9.37 Å². The number of halogens is 3. The number of hydrogen-bond donors (Lipinski definition) is 2. The Morgan fingerprint density at radius 1 is 0.880 bits per heavy atom. The van der Waals surface area contributed by atoms with Crippen molar-refractivity contribution < 1.29 is 4.39 Å². The predicted molar refractivity (Wildman–Crippen MR) is 98.7 cm³/mol. The first-order valence-corrected chi connectivity index (χ1v) is 8.34. The first kappa shape index (κ1) is 17.6. The molecule has 25 heavy (non-hydrogen) atoms. The lowest BCUT2D eigenvalue weighted by atomic mass is 10.2. The van der Waals surface area contributed by atoms with E-state index in [1.54, 1.807) is 36.7 Å². The van der Waals surface area contributed by atoms with Gasteiger partial charge in [-0.15, -0.1) is 0 Å². The van der Waals surface area contributed by atoms with Crippen molar-refractivity contribution in [1.29, 1.82) is 0 Å². The summed E-state index contributed by atoms with van der Waals surface area (Å²) in [7, 11) is 0. The van der Waals surface area contributed by atoms with E-state index in [1.165, 1.54) is 12.1 Å². The van der Waals surface area contributed by atoms with Gasteiger partial charge in [-0.1, -0.05) is 35.3 Å². The molecule has 1 heterocycles. The lowest BCUT2D eigenvalue weighted by molar-refractivity contribution is 0.624. The monoisotopic (exact) mass is 376 g/mol. The maximum Gasteiger partial charge on any atom is 0.153 e. The number of anilines is 2. The van der Waals surface area contributed by atoms with Crippen LogP contribution in [0.2, 0.25) is 10.0 Å². The summed E-state index contributed by atoms with van der Waals surface area (Å²) in [6.07, 6.45) is 3.25. The van der Waals surface area contributed by atoms with E-state index in [2.05, 4.69) is 20.6 Å². The van der Waals surface area contributed by atoms with Crippen molar-refractivity contribution in [2.24, 2.45) is 0 Å². The molecule has 0 bridgehead atoms. The fourth-order valence-electron chi connectivity index (χ4n) is 2.24. The van der Waals surface area contributed by atoms with Crippen LogP contribution in [0.3, 0.4) is 0 Å². The molecule has 2 aromatic carbocycles. The van der Waals surface area contributed by atoms with Crippen LogP contribution < -0.4 is 10.6 Å². The van der Waals surface area contributed by atoms with Crippen molar-refractivity contribution in [3.63, 3.8) is 0 Å². The molecule has 4 nitrogen and oxygen atoms in total. The van der Waals surface area contributed by atoms with Gasteiger partial charge in [0.2, 0.25) is 0 Å². The van der Waals surface area contributed by atoms with Crippen molar-refractivity contribution in [2.75, 3.05) is 5.32 Å². The van der Waals surface area contributed by atoms with Crippen LogP contribution in [-0.2, 0) is 13.1 Å². The van der Waals surface area contributed by atoms with Gasteiger partial charge in [0.15, 0.2) is 5.82 Å². The van der Waals surface area contributed by atoms with E-state index in [4.69, 9.17) is 23.2 Å². The normalized spacial score (nSPS) is 10.7. The highest BCUT2D eigenvalue weighted by Crippen LogP contribution is 2.27. The Morgan fingerprint density at radius 3 is 2.40 bits per heavy atom. The highest BCUT2D eigenvalue weighted by Gasteiger charge is 2.07. The first-order chi connectivity index (χ1) is 12.1. The zero-order valence-electron chi connectivity index (χ0n) is 13.1. The number of nitrogens with zero attached hydrogens (tertiary/aromatic N) is 2. The molecule has 0 aliphatic rings. The average Bonchev–Trinajstić information content (AvgIpc) is 2.61. The Kier molecular flexibility index (Phi) is 5.81. The lowest BCUT2D eigenvalue weighted by Gasteiger charge is -2.11. The van der Waals surface area contributed by atoms with E-state index in [9.17, 15) is 4.39 Å². The molecule has 0 saturated heterocycles.